The molecule has 3 nitrogen and oxygen atoms in total. The molecule has 186 valence electrons. The Balaban J connectivity index is 1.47. The highest BCUT2D eigenvalue weighted by molar-refractivity contribution is 7.99. The molecule has 0 bridgehead atoms. The summed E-state index contributed by atoms with van der Waals surface area (Å²) in [5.41, 5.74) is 1.02. The van der Waals surface area contributed by atoms with Crippen molar-refractivity contribution in [1.82, 2.24) is 9.29 Å². The molecule has 5 heteroatoms. The Bertz CT molecular complexity index is 728. The van der Waals surface area contributed by atoms with Gasteiger partial charge >= 0.3 is 0 Å². The summed E-state index contributed by atoms with van der Waals surface area (Å²) in [6, 6.07) is 8.19. The Morgan fingerprint density at radius 3 is 1.82 bits per heavy atom. The Labute approximate surface area is 211 Å². The maximum Gasteiger partial charge on any atom is 0.232 e. The fraction of sp³-hybridized carbons (Fsp3) is 0.714. The standard InChI is InChI=1S/C28H46N2OS2/c1-3-5-6-7-8-9-10-11-12-13-14-15-16-17-18-21-24-30(27(31)4-2)33-28-29-25-22-19-20-23-26(25)32-28/h19-20,22-23H,3-18,21,24H2,1-2H3. The van der Waals surface area contributed by atoms with Crippen LogP contribution in [0.2, 0.25) is 0 Å². The van der Waals surface area contributed by atoms with Crippen molar-refractivity contribution in [2.75, 3.05) is 6.54 Å². The van der Waals surface area contributed by atoms with E-state index in [-0.39, 0.29) is 5.91 Å². The second-order valence-electron chi connectivity index (χ2n) is 9.19. The number of carbonyl (C=O) groups is 1. The molecule has 1 heterocycles. The van der Waals surface area contributed by atoms with Gasteiger partial charge in [-0.2, -0.15) is 0 Å². The Morgan fingerprint density at radius 1 is 0.788 bits per heavy atom. The normalized spacial score (nSPS) is 11.3. The Hall–Kier alpha value is -1.07. The summed E-state index contributed by atoms with van der Waals surface area (Å²) in [5.74, 6) is 0.209. The number of nitrogens with zero attached hydrogens (tertiary/aromatic N) is 2. The van der Waals surface area contributed by atoms with E-state index in [4.69, 9.17) is 0 Å². The van der Waals surface area contributed by atoms with Gasteiger partial charge in [-0.1, -0.05) is 122 Å². The molecule has 0 aliphatic carbocycles. The van der Waals surface area contributed by atoms with Gasteiger partial charge in [-0.15, -0.1) is 11.3 Å². The van der Waals surface area contributed by atoms with Gasteiger partial charge in [-0.25, -0.2) is 4.98 Å². The molecule has 0 N–H and O–H groups in total. The van der Waals surface area contributed by atoms with E-state index in [1.54, 1.807) is 11.3 Å². The highest BCUT2D eigenvalue weighted by atomic mass is 32.2. The number of aromatic nitrogens is 1. The van der Waals surface area contributed by atoms with Crippen LogP contribution in [0.4, 0.5) is 0 Å². The average molecular weight is 491 g/mol. The van der Waals surface area contributed by atoms with Crippen molar-refractivity contribution in [3.63, 3.8) is 0 Å². The smallest absolute Gasteiger partial charge is 0.232 e. The highest BCUT2D eigenvalue weighted by Gasteiger charge is 2.15. The minimum atomic E-state index is 0.209. The maximum absolute atomic E-state index is 12.4. The molecule has 2 rings (SSSR count). The quantitative estimate of drug-likeness (QED) is 0.137. The molecule has 0 saturated carbocycles. The molecule has 0 atom stereocenters. The van der Waals surface area contributed by atoms with Gasteiger partial charge < -0.3 is 0 Å². The predicted octanol–water partition coefficient (Wildman–Crippen LogP) is 9.80. The van der Waals surface area contributed by atoms with E-state index in [2.05, 4.69) is 18.0 Å². The van der Waals surface area contributed by atoms with Crippen LogP contribution in [0.15, 0.2) is 28.6 Å². The van der Waals surface area contributed by atoms with Crippen LogP contribution in [0.3, 0.4) is 0 Å². The number of rotatable bonds is 20. The number of para-hydroxylation sites is 1. The molecule has 0 saturated heterocycles. The van der Waals surface area contributed by atoms with E-state index in [0.29, 0.717) is 6.42 Å². The molecule has 2 aromatic rings. The fourth-order valence-corrected chi connectivity index (χ4v) is 6.35. The molecule has 0 spiro atoms. The van der Waals surface area contributed by atoms with Crippen molar-refractivity contribution < 1.29 is 4.79 Å². The highest BCUT2D eigenvalue weighted by Crippen LogP contribution is 2.32. The lowest BCUT2D eigenvalue weighted by Crippen LogP contribution is -2.24. The van der Waals surface area contributed by atoms with E-state index in [1.807, 2.05) is 29.4 Å². The van der Waals surface area contributed by atoms with E-state index in [9.17, 15) is 4.79 Å². The summed E-state index contributed by atoms with van der Waals surface area (Å²) in [7, 11) is 0. The molecule has 0 fully saturated rings. The molecule has 33 heavy (non-hydrogen) atoms. The van der Waals surface area contributed by atoms with Crippen molar-refractivity contribution in [1.29, 1.82) is 0 Å². The van der Waals surface area contributed by atoms with Crippen LogP contribution in [0, 0.1) is 0 Å². The molecule has 1 aromatic heterocycles. The summed E-state index contributed by atoms with van der Waals surface area (Å²) >= 11 is 3.20. The third kappa shape index (κ3) is 12.3. The third-order valence-corrected chi connectivity index (χ3v) is 8.42. The minimum absolute atomic E-state index is 0.209. The van der Waals surface area contributed by atoms with E-state index < -0.39 is 0 Å². The first-order chi connectivity index (χ1) is 16.2. The first kappa shape index (κ1) is 28.2. The van der Waals surface area contributed by atoms with Crippen LogP contribution in [0.5, 0.6) is 0 Å². The summed E-state index contributed by atoms with van der Waals surface area (Å²) in [4.78, 5) is 17.1. The first-order valence-corrected chi connectivity index (χ1v) is 15.2. The molecular weight excluding hydrogens is 444 g/mol. The number of fused-ring (bicyclic) bond motifs is 1. The van der Waals surface area contributed by atoms with Crippen molar-refractivity contribution in [3.8, 4) is 0 Å². The molecule has 1 amide bonds. The van der Waals surface area contributed by atoms with Crippen LogP contribution in [0.25, 0.3) is 10.2 Å². The van der Waals surface area contributed by atoms with Gasteiger partial charge in [0.05, 0.1) is 10.2 Å². The van der Waals surface area contributed by atoms with Crippen LogP contribution in [0.1, 0.15) is 123 Å². The fourth-order valence-electron chi connectivity index (χ4n) is 4.19. The maximum atomic E-state index is 12.4. The number of benzene rings is 1. The third-order valence-electron chi connectivity index (χ3n) is 6.26. The summed E-state index contributed by atoms with van der Waals surface area (Å²) in [5, 5.41) is 0. The number of hydrogen-bond donors (Lipinski definition) is 0. The number of hydrogen-bond acceptors (Lipinski definition) is 4. The van der Waals surface area contributed by atoms with Crippen molar-refractivity contribution in [2.24, 2.45) is 0 Å². The van der Waals surface area contributed by atoms with Gasteiger partial charge in [-0.3, -0.25) is 9.10 Å². The van der Waals surface area contributed by atoms with Crippen LogP contribution in [-0.4, -0.2) is 21.7 Å². The van der Waals surface area contributed by atoms with Crippen LogP contribution in [-0.2, 0) is 4.79 Å². The second-order valence-corrected chi connectivity index (χ2v) is 11.5. The largest absolute Gasteiger partial charge is 0.280 e. The molecule has 0 aliphatic heterocycles. The number of thiazole rings is 1. The Morgan fingerprint density at radius 2 is 1.30 bits per heavy atom. The van der Waals surface area contributed by atoms with Crippen molar-refractivity contribution in [2.45, 2.75) is 127 Å². The van der Waals surface area contributed by atoms with Gasteiger partial charge in [-0.05, 0) is 18.6 Å². The second kappa shape index (κ2) is 18.3. The molecular formula is C28H46N2OS2. The van der Waals surface area contributed by atoms with Gasteiger partial charge in [0, 0.05) is 24.9 Å². The molecule has 0 radical (unpaired) electrons. The predicted molar refractivity (Wildman–Crippen MR) is 147 cm³/mol. The summed E-state index contributed by atoms with van der Waals surface area (Å²) in [6.07, 6.45) is 22.5. The number of carbonyl (C=O) groups excluding carboxylic acids is 1. The zero-order valence-corrected chi connectivity index (χ0v) is 22.8. The molecule has 0 unspecified atom stereocenters. The molecule has 0 aliphatic rings. The van der Waals surface area contributed by atoms with E-state index >= 15 is 0 Å². The van der Waals surface area contributed by atoms with Crippen LogP contribution >= 0.6 is 23.3 Å². The lowest BCUT2D eigenvalue weighted by Gasteiger charge is -2.19. The Kier molecular flexibility index (Phi) is 15.6. The number of unbranched alkanes of at least 4 members (excludes halogenated alkanes) is 15. The topological polar surface area (TPSA) is 33.2 Å². The summed E-state index contributed by atoms with van der Waals surface area (Å²) < 4.78 is 4.09. The van der Waals surface area contributed by atoms with Gasteiger partial charge in [0.1, 0.15) is 0 Å². The molecule has 1 aromatic carbocycles. The van der Waals surface area contributed by atoms with Crippen molar-refractivity contribution >= 4 is 39.4 Å². The lowest BCUT2D eigenvalue weighted by molar-refractivity contribution is -0.125. The summed E-state index contributed by atoms with van der Waals surface area (Å²) in [6.45, 7) is 5.06. The zero-order chi connectivity index (χ0) is 23.6. The van der Waals surface area contributed by atoms with Crippen LogP contribution < -0.4 is 0 Å². The van der Waals surface area contributed by atoms with Gasteiger partial charge in [0.25, 0.3) is 0 Å². The number of amides is 1. The minimum Gasteiger partial charge on any atom is -0.280 e. The lowest BCUT2D eigenvalue weighted by atomic mass is 10.0. The van der Waals surface area contributed by atoms with Gasteiger partial charge in [0.15, 0.2) is 4.34 Å². The monoisotopic (exact) mass is 490 g/mol. The first-order valence-electron chi connectivity index (χ1n) is 13.6. The zero-order valence-electron chi connectivity index (χ0n) is 21.2. The average Bonchev–Trinajstić information content (AvgIpc) is 3.25. The van der Waals surface area contributed by atoms with E-state index in [0.717, 1.165) is 22.8 Å². The SMILES string of the molecule is CCCCCCCCCCCCCCCCCCN(Sc1nc2ccccc2s1)C(=O)CC. The van der Waals surface area contributed by atoms with E-state index in [1.165, 1.54) is 113 Å². The van der Waals surface area contributed by atoms with Gasteiger partial charge in [0.2, 0.25) is 5.91 Å². The van der Waals surface area contributed by atoms with Crippen molar-refractivity contribution in [3.05, 3.63) is 24.3 Å².